The third-order valence-electron chi connectivity index (χ3n) is 6.60. The number of piperidine rings is 1. The van der Waals surface area contributed by atoms with E-state index in [9.17, 15) is 19.2 Å². The van der Waals surface area contributed by atoms with Crippen LogP contribution in [0.25, 0.3) is 22.3 Å². The first kappa shape index (κ1) is 25.2. The minimum Gasteiger partial charge on any atom is -0.466 e. The van der Waals surface area contributed by atoms with Gasteiger partial charge in [-0.2, -0.15) is 0 Å². The zero-order chi connectivity index (χ0) is 25.8. The first-order valence-electron chi connectivity index (χ1n) is 12.1. The van der Waals surface area contributed by atoms with Crippen molar-refractivity contribution in [2.24, 2.45) is 5.92 Å². The van der Waals surface area contributed by atoms with E-state index >= 15 is 0 Å². The molecule has 188 valence electrons. The van der Waals surface area contributed by atoms with Gasteiger partial charge in [0.25, 0.3) is 5.91 Å². The highest BCUT2D eigenvalue weighted by Gasteiger charge is 2.29. The van der Waals surface area contributed by atoms with E-state index in [-0.39, 0.29) is 40.9 Å². The summed E-state index contributed by atoms with van der Waals surface area (Å²) in [5, 5.41) is 0.318. The number of rotatable bonds is 6. The van der Waals surface area contributed by atoms with E-state index in [1.165, 1.54) is 4.90 Å². The number of carbonyl (C=O) groups is 3. The highest BCUT2D eigenvalue weighted by Crippen LogP contribution is 2.28. The van der Waals surface area contributed by atoms with Crippen LogP contribution in [0.15, 0.2) is 57.7 Å². The van der Waals surface area contributed by atoms with Gasteiger partial charge in [0.1, 0.15) is 5.76 Å². The molecule has 8 nitrogen and oxygen atoms in total. The Balaban J connectivity index is 1.53. The minimum absolute atomic E-state index is 0.124. The average molecular weight is 491 g/mol. The van der Waals surface area contributed by atoms with E-state index in [2.05, 4.69) is 0 Å². The second kappa shape index (κ2) is 10.8. The molecular weight excluding hydrogens is 460 g/mol. The monoisotopic (exact) mass is 490 g/mol. The van der Waals surface area contributed by atoms with Gasteiger partial charge in [0, 0.05) is 31.3 Å². The van der Waals surface area contributed by atoms with Crippen LogP contribution in [0.1, 0.15) is 35.7 Å². The number of esters is 1. The molecule has 1 aliphatic heterocycles. The molecule has 36 heavy (non-hydrogen) atoms. The summed E-state index contributed by atoms with van der Waals surface area (Å²) in [6.07, 6.45) is 1.08. The van der Waals surface area contributed by atoms with Crippen molar-refractivity contribution in [2.75, 3.05) is 33.3 Å². The summed E-state index contributed by atoms with van der Waals surface area (Å²) in [7, 11) is 1.55. The second-order valence-electron chi connectivity index (χ2n) is 9.00. The molecule has 0 aliphatic carbocycles. The summed E-state index contributed by atoms with van der Waals surface area (Å²) in [4.78, 5) is 54.3. The average Bonchev–Trinajstić information content (AvgIpc) is 2.90. The Labute approximate surface area is 209 Å². The lowest BCUT2D eigenvalue weighted by molar-refractivity contribution is -0.151. The molecule has 0 atom stereocenters. The molecule has 2 heterocycles. The summed E-state index contributed by atoms with van der Waals surface area (Å²) >= 11 is 0. The molecule has 2 aromatic carbocycles. The predicted octanol–water partition coefficient (Wildman–Crippen LogP) is 3.64. The summed E-state index contributed by atoms with van der Waals surface area (Å²) in [5.41, 5.74) is 1.43. The second-order valence-corrected chi connectivity index (χ2v) is 9.00. The Hall–Kier alpha value is -3.94. The van der Waals surface area contributed by atoms with Crippen LogP contribution in [0.3, 0.4) is 0 Å². The van der Waals surface area contributed by atoms with Gasteiger partial charge in [-0.1, -0.05) is 36.4 Å². The van der Waals surface area contributed by atoms with Crippen molar-refractivity contribution in [3.8, 4) is 11.3 Å². The van der Waals surface area contributed by atoms with Crippen LogP contribution in [-0.4, -0.2) is 60.9 Å². The number of para-hydroxylation sites is 1. The topological polar surface area (TPSA) is 97.1 Å². The normalized spacial score (nSPS) is 14.0. The summed E-state index contributed by atoms with van der Waals surface area (Å²) in [6.45, 7) is 4.57. The summed E-state index contributed by atoms with van der Waals surface area (Å²) < 4.78 is 11.2. The van der Waals surface area contributed by atoms with E-state index in [1.54, 1.807) is 44.0 Å². The number of carbonyl (C=O) groups excluding carboxylic acids is 3. The van der Waals surface area contributed by atoms with Crippen LogP contribution in [0.4, 0.5) is 0 Å². The fourth-order valence-electron chi connectivity index (χ4n) is 4.55. The van der Waals surface area contributed by atoms with E-state index in [4.69, 9.17) is 9.15 Å². The van der Waals surface area contributed by atoms with E-state index < -0.39 is 5.91 Å². The first-order chi connectivity index (χ1) is 17.3. The number of hydrogen-bond donors (Lipinski definition) is 0. The van der Waals surface area contributed by atoms with E-state index in [0.717, 1.165) is 5.56 Å². The molecule has 3 aromatic rings. The molecule has 8 heteroatoms. The lowest BCUT2D eigenvalue weighted by Crippen LogP contribution is -2.45. The van der Waals surface area contributed by atoms with Crippen LogP contribution < -0.4 is 5.43 Å². The Morgan fingerprint density at radius 1 is 1.06 bits per heavy atom. The highest BCUT2D eigenvalue weighted by molar-refractivity contribution is 6.06. The van der Waals surface area contributed by atoms with Gasteiger partial charge in [-0.3, -0.25) is 19.2 Å². The van der Waals surface area contributed by atoms with Gasteiger partial charge in [0.2, 0.25) is 5.91 Å². The highest BCUT2D eigenvalue weighted by atomic mass is 16.5. The van der Waals surface area contributed by atoms with Gasteiger partial charge in [0.15, 0.2) is 11.0 Å². The van der Waals surface area contributed by atoms with Crippen molar-refractivity contribution in [1.29, 1.82) is 0 Å². The van der Waals surface area contributed by atoms with Gasteiger partial charge in [-0.15, -0.1) is 0 Å². The quantitative estimate of drug-likeness (QED) is 0.490. The van der Waals surface area contributed by atoms with Crippen molar-refractivity contribution in [2.45, 2.75) is 26.7 Å². The molecule has 1 aliphatic rings. The maximum Gasteiger partial charge on any atom is 0.309 e. The molecule has 1 saturated heterocycles. The van der Waals surface area contributed by atoms with E-state index in [1.807, 2.05) is 30.3 Å². The van der Waals surface area contributed by atoms with Crippen LogP contribution >= 0.6 is 0 Å². The number of likely N-dealkylation sites (tertiary alicyclic amines) is 1. The fourth-order valence-corrected chi connectivity index (χ4v) is 4.55. The molecule has 0 unspecified atom stereocenters. The van der Waals surface area contributed by atoms with Crippen LogP contribution in [0, 0.1) is 12.8 Å². The Kier molecular flexibility index (Phi) is 7.52. The molecule has 0 radical (unpaired) electrons. The van der Waals surface area contributed by atoms with Crippen molar-refractivity contribution in [3.05, 3.63) is 69.9 Å². The summed E-state index contributed by atoms with van der Waals surface area (Å²) in [6, 6.07) is 14.1. The van der Waals surface area contributed by atoms with Gasteiger partial charge < -0.3 is 19.0 Å². The van der Waals surface area contributed by atoms with Crippen molar-refractivity contribution in [1.82, 2.24) is 9.80 Å². The predicted molar refractivity (Wildman–Crippen MR) is 136 cm³/mol. The Bertz CT molecular complexity index is 1340. The van der Waals surface area contributed by atoms with Crippen molar-refractivity contribution >= 4 is 28.8 Å². The lowest BCUT2D eigenvalue weighted by atomic mass is 9.97. The molecule has 1 aromatic heterocycles. The zero-order valence-corrected chi connectivity index (χ0v) is 20.8. The third-order valence-corrected chi connectivity index (χ3v) is 6.60. The number of ether oxygens (including phenoxy) is 1. The smallest absolute Gasteiger partial charge is 0.309 e. The number of nitrogens with zero attached hydrogens (tertiary/aromatic N) is 2. The van der Waals surface area contributed by atoms with E-state index in [0.29, 0.717) is 49.2 Å². The number of likely N-dealkylation sites (N-methyl/N-ethyl adjacent to an activating group) is 1. The van der Waals surface area contributed by atoms with Gasteiger partial charge in [0.05, 0.1) is 30.0 Å². The Morgan fingerprint density at radius 3 is 2.42 bits per heavy atom. The van der Waals surface area contributed by atoms with Gasteiger partial charge in [-0.05, 0) is 38.8 Å². The maximum absolute atomic E-state index is 13.4. The fraction of sp³-hybridized carbons (Fsp3) is 0.357. The first-order valence-corrected chi connectivity index (χ1v) is 12.1. The minimum atomic E-state index is -0.415. The molecule has 1 fully saturated rings. The third kappa shape index (κ3) is 5.03. The standard InChI is InChI=1S/C28H30N2O6/c1-4-35-28(34)20-13-15-30(16-14-20)23(31)17-29(3)27(33)22-12-8-11-21-24(32)18(2)25(36-26(21)22)19-9-6-5-7-10-19/h5-12,20H,4,13-17H2,1-3H3. The summed E-state index contributed by atoms with van der Waals surface area (Å²) in [5.74, 6) is -0.623. The van der Waals surface area contributed by atoms with Gasteiger partial charge in [-0.25, -0.2) is 0 Å². The molecule has 4 rings (SSSR count). The molecule has 2 amide bonds. The SMILES string of the molecule is CCOC(=O)C1CCN(C(=O)CN(C)C(=O)c2cccc3c(=O)c(C)c(-c4ccccc4)oc23)CC1. The van der Waals surface area contributed by atoms with Crippen LogP contribution in [0.2, 0.25) is 0 Å². The number of benzene rings is 2. The number of amides is 2. The molecule has 0 spiro atoms. The Morgan fingerprint density at radius 2 is 1.75 bits per heavy atom. The lowest BCUT2D eigenvalue weighted by Gasteiger charge is -2.32. The van der Waals surface area contributed by atoms with Crippen molar-refractivity contribution < 1.29 is 23.5 Å². The molecule has 0 N–H and O–H groups in total. The number of fused-ring (bicyclic) bond motifs is 1. The molecule has 0 bridgehead atoms. The number of hydrogen-bond acceptors (Lipinski definition) is 6. The largest absolute Gasteiger partial charge is 0.466 e. The maximum atomic E-state index is 13.4. The van der Waals surface area contributed by atoms with Crippen molar-refractivity contribution in [3.63, 3.8) is 0 Å². The zero-order valence-electron chi connectivity index (χ0n) is 20.8. The molecular formula is C28H30N2O6. The molecule has 0 saturated carbocycles. The van der Waals surface area contributed by atoms with Gasteiger partial charge >= 0.3 is 5.97 Å². The van der Waals surface area contributed by atoms with Crippen LogP contribution in [-0.2, 0) is 14.3 Å². The van der Waals surface area contributed by atoms with Crippen LogP contribution in [0.5, 0.6) is 0 Å².